The number of anilines is 3. The molecule has 0 radical (unpaired) electrons. The van der Waals surface area contributed by atoms with Gasteiger partial charge in [-0.25, -0.2) is 9.97 Å². The molecule has 3 aromatic heterocycles. The normalized spacial score (nSPS) is 12.8. The van der Waals surface area contributed by atoms with Crippen molar-refractivity contribution in [2.24, 2.45) is 13.0 Å². The zero-order valence-electron chi connectivity index (χ0n) is 17.9. The highest BCUT2D eigenvalue weighted by atomic mass is 16.5. The van der Waals surface area contributed by atoms with E-state index in [2.05, 4.69) is 41.2 Å². The molecule has 4 rings (SSSR count). The van der Waals surface area contributed by atoms with Crippen molar-refractivity contribution in [3.63, 3.8) is 0 Å². The van der Waals surface area contributed by atoms with Crippen LogP contribution in [0.3, 0.4) is 0 Å². The van der Waals surface area contributed by atoms with Gasteiger partial charge in [0.05, 0.1) is 18.4 Å². The summed E-state index contributed by atoms with van der Waals surface area (Å²) in [6.45, 7) is 0. The fraction of sp³-hybridized carbons (Fsp3) is 0.350. The lowest BCUT2D eigenvalue weighted by atomic mass is 10.2. The van der Waals surface area contributed by atoms with Crippen LogP contribution in [0.4, 0.5) is 17.3 Å². The number of carbonyl (C=O) groups excluding carboxylic acids is 2. The highest BCUT2D eigenvalue weighted by Gasteiger charge is 2.25. The highest BCUT2D eigenvalue weighted by molar-refractivity contribution is 5.99. The minimum absolute atomic E-state index is 0.0397. The number of ether oxygens (including phenoxy) is 1. The van der Waals surface area contributed by atoms with E-state index in [-0.39, 0.29) is 17.4 Å². The topological polar surface area (TPSA) is 149 Å². The Morgan fingerprint density at radius 3 is 2.72 bits per heavy atom. The first kappa shape index (κ1) is 21.2. The third kappa shape index (κ3) is 4.63. The summed E-state index contributed by atoms with van der Waals surface area (Å²) >= 11 is 0. The number of carbonyl (C=O) groups is 2. The van der Waals surface area contributed by atoms with Gasteiger partial charge in [0.1, 0.15) is 6.33 Å². The van der Waals surface area contributed by atoms with Crippen LogP contribution in [0.5, 0.6) is 5.75 Å². The second kappa shape index (κ2) is 8.96. The largest absolute Gasteiger partial charge is 0.492 e. The van der Waals surface area contributed by atoms with Crippen LogP contribution in [0.15, 0.2) is 24.7 Å². The molecule has 0 saturated heterocycles. The number of aromatic nitrogens is 6. The number of amides is 2. The van der Waals surface area contributed by atoms with E-state index in [1.807, 2.05) is 0 Å². The van der Waals surface area contributed by atoms with Crippen LogP contribution < -0.4 is 20.7 Å². The molecular formula is C20H23N9O3. The van der Waals surface area contributed by atoms with E-state index < -0.39 is 5.91 Å². The van der Waals surface area contributed by atoms with E-state index in [1.165, 1.54) is 20.2 Å². The Morgan fingerprint density at radius 2 is 2.06 bits per heavy atom. The summed E-state index contributed by atoms with van der Waals surface area (Å²) in [5, 5.41) is 20.6. The predicted molar refractivity (Wildman–Crippen MR) is 115 cm³/mol. The van der Waals surface area contributed by atoms with Gasteiger partial charge in [-0.1, -0.05) is 0 Å². The van der Waals surface area contributed by atoms with Crippen LogP contribution in [0.1, 0.15) is 29.8 Å². The van der Waals surface area contributed by atoms with Crippen LogP contribution in [0.2, 0.25) is 0 Å². The fourth-order valence-corrected chi connectivity index (χ4v) is 3.12. The van der Waals surface area contributed by atoms with E-state index in [0.717, 1.165) is 12.8 Å². The number of hydrogen-bond donors (Lipinski definition) is 3. The minimum atomic E-state index is -0.447. The summed E-state index contributed by atoms with van der Waals surface area (Å²) in [6.07, 6.45) is 5.72. The maximum Gasteiger partial charge on any atom is 0.273 e. The molecular weight excluding hydrogens is 414 g/mol. The first-order valence-corrected chi connectivity index (χ1v) is 10.0. The molecule has 3 N–H and O–H groups in total. The van der Waals surface area contributed by atoms with Gasteiger partial charge in [0, 0.05) is 32.8 Å². The summed E-state index contributed by atoms with van der Waals surface area (Å²) in [6, 6.07) is 3.27. The van der Waals surface area contributed by atoms with Crippen LogP contribution in [0.25, 0.3) is 11.4 Å². The van der Waals surface area contributed by atoms with Crippen molar-refractivity contribution in [2.45, 2.75) is 19.3 Å². The van der Waals surface area contributed by atoms with Gasteiger partial charge in [0.15, 0.2) is 28.9 Å². The maximum absolute atomic E-state index is 12.3. The second-order valence-electron chi connectivity index (χ2n) is 7.37. The van der Waals surface area contributed by atoms with Crippen LogP contribution in [-0.4, -0.2) is 55.9 Å². The van der Waals surface area contributed by atoms with E-state index in [1.54, 1.807) is 30.3 Å². The van der Waals surface area contributed by atoms with Crippen molar-refractivity contribution in [3.05, 3.63) is 30.4 Å². The average molecular weight is 437 g/mol. The van der Waals surface area contributed by atoms with Gasteiger partial charge in [0.25, 0.3) is 5.91 Å². The minimum Gasteiger partial charge on any atom is -0.492 e. The van der Waals surface area contributed by atoms with Crippen molar-refractivity contribution in [2.75, 3.05) is 24.8 Å². The van der Waals surface area contributed by atoms with Crippen molar-refractivity contribution in [3.8, 4) is 17.1 Å². The third-order valence-corrected chi connectivity index (χ3v) is 4.88. The molecule has 32 heavy (non-hydrogen) atoms. The zero-order chi connectivity index (χ0) is 22.7. The molecule has 1 fully saturated rings. The molecule has 0 aromatic carbocycles. The molecule has 0 aliphatic heterocycles. The van der Waals surface area contributed by atoms with E-state index in [0.29, 0.717) is 41.0 Å². The monoisotopic (exact) mass is 437 g/mol. The maximum atomic E-state index is 12.3. The standard InChI is InChI=1S/C20H23N9O3/c1-21-20(31)16-13(9-14(26-27-16)25-15(30)8-11-4-5-11)24-19-17(32-3)12(6-7-22-19)18-23-10-29(2)28-18/h6-7,9-11H,4-5,8H2,1-3H3,(H,21,31)(H2,22,24,25,26,30). The Kier molecular flexibility index (Phi) is 5.92. The number of aryl methyl sites for hydroxylation is 1. The molecule has 0 spiro atoms. The smallest absolute Gasteiger partial charge is 0.273 e. The van der Waals surface area contributed by atoms with E-state index in [9.17, 15) is 9.59 Å². The van der Waals surface area contributed by atoms with E-state index in [4.69, 9.17) is 4.74 Å². The van der Waals surface area contributed by atoms with Crippen molar-refractivity contribution in [1.29, 1.82) is 0 Å². The third-order valence-electron chi connectivity index (χ3n) is 4.88. The molecule has 1 aliphatic rings. The number of nitrogens with one attached hydrogen (secondary N) is 3. The van der Waals surface area contributed by atoms with Crippen LogP contribution >= 0.6 is 0 Å². The first-order valence-electron chi connectivity index (χ1n) is 10.0. The lowest BCUT2D eigenvalue weighted by Gasteiger charge is -2.15. The van der Waals surface area contributed by atoms with Gasteiger partial charge < -0.3 is 20.7 Å². The number of nitrogens with zero attached hydrogens (tertiary/aromatic N) is 6. The quantitative estimate of drug-likeness (QED) is 0.477. The number of pyridine rings is 1. The Hall–Kier alpha value is -4.09. The molecule has 12 nitrogen and oxygen atoms in total. The molecule has 0 bridgehead atoms. The first-order chi connectivity index (χ1) is 15.5. The molecule has 1 saturated carbocycles. The van der Waals surface area contributed by atoms with Gasteiger partial charge in [-0.3, -0.25) is 14.3 Å². The zero-order valence-corrected chi connectivity index (χ0v) is 17.9. The molecule has 3 heterocycles. The number of hydrogen-bond acceptors (Lipinski definition) is 9. The molecule has 0 atom stereocenters. The van der Waals surface area contributed by atoms with Gasteiger partial charge in [0.2, 0.25) is 5.91 Å². The van der Waals surface area contributed by atoms with Crippen molar-refractivity contribution in [1.82, 2.24) is 35.3 Å². The van der Waals surface area contributed by atoms with Crippen LogP contribution in [-0.2, 0) is 11.8 Å². The molecule has 12 heteroatoms. The summed E-state index contributed by atoms with van der Waals surface area (Å²) in [7, 11) is 4.76. The van der Waals surface area contributed by atoms with Crippen molar-refractivity contribution >= 4 is 29.1 Å². The molecule has 2 amide bonds. The predicted octanol–water partition coefficient (Wildman–Crippen LogP) is 1.52. The average Bonchev–Trinajstić information content (AvgIpc) is 3.49. The summed E-state index contributed by atoms with van der Waals surface area (Å²) < 4.78 is 7.14. The lowest BCUT2D eigenvalue weighted by molar-refractivity contribution is -0.116. The molecule has 166 valence electrons. The lowest BCUT2D eigenvalue weighted by Crippen LogP contribution is -2.22. The second-order valence-corrected chi connectivity index (χ2v) is 7.37. The molecule has 0 unspecified atom stereocenters. The summed E-state index contributed by atoms with van der Waals surface area (Å²) in [5.74, 6) is 1.25. The fourth-order valence-electron chi connectivity index (χ4n) is 3.12. The summed E-state index contributed by atoms with van der Waals surface area (Å²) in [5.41, 5.74) is 0.961. The van der Waals surface area contributed by atoms with Gasteiger partial charge >= 0.3 is 0 Å². The highest BCUT2D eigenvalue weighted by Crippen LogP contribution is 2.35. The van der Waals surface area contributed by atoms with Gasteiger partial charge in [-0.2, -0.15) is 5.10 Å². The van der Waals surface area contributed by atoms with Crippen LogP contribution in [0, 0.1) is 5.92 Å². The number of methoxy groups -OCH3 is 1. The molecule has 3 aromatic rings. The molecule has 1 aliphatic carbocycles. The van der Waals surface area contributed by atoms with E-state index >= 15 is 0 Å². The Bertz CT molecular complexity index is 1160. The Labute approximate surface area is 183 Å². The SMILES string of the molecule is CNC(=O)c1nnc(NC(=O)CC2CC2)cc1Nc1nccc(-c2ncn(C)n2)c1OC. The Balaban J connectivity index is 1.68. The van der Waals surface area contributed by atoms with Gasteiger partial charge in [-0.15, -0.1) is 10.2 Å². The summed E-state index contributed by atoms with van der Waals surface area (Å²) in [4.78, 5) is 33.1. The van der Waals surface area contributed by atoms with Crippen molar-refractivity contribution < 1.29 is 14.3 Å². The Morgan fingerprint density at radius 1 is 1.25 bits per heavy atom. The van der Waals surface area contributed by atoms with Gasteiger partial charge in [-0.05, 0) is 24.8 Å². The number of rotatable bonds is 8.